The highest BCUT2D eigenvalue weighted by molar-refractivity contribution is 9.10. The summed E-state index contributed by atoms with van der Waals surface area (Å²) in [5, 5.41) is 0.989. The average molecular weight is 368 g/mol. The lowest BCUT2D eigenvalue weighted by molar-refractivity contribution is 0.775. The summed E-state index contributed by atoms with van der Waals surface area (Å²) in [7, 11) is 0. The van der Waals surface area contributed by atoms with Gasteiger partial charge in [0.05, 0.1) is 0 Å². The van der Waals surface area contributed by atoms with Gasteiger partial charge in [-0.2, -0.15) is 0 Å². The molecule has 0 fully saturated rings. The van der Waals surface area contributed by atoms with Gasteiger partial charge in [0.15, 0.2) is 0 Å². The lowest BCUT2D eigenvalue weighted by Gasteiger charge is -2.15. The molecule has 0 radical (unpaired) electrons. The monoisotopic (exact) mass is 366 g/mol. The number of hydrogen-bond acceptors (Lipinski definition) is 0. The zero-order valence-electron chi connectivity index (χ0n) is 10.4. The molecule has 0 nitrogen and oxygen atoms in total. The van der Waals surface area contributed by atoms with E-state index in [0.29, 0.717) is 5.92 Å². The summed E-state index contributed by atoms with van der Waals surface area (Å²) < 4.78 is 1.15. The Labute approximate surface area is 126 Å². The molecular formula is C16H16Br2. The summed E-state index contributed by atoms with van der Waals surface area (Å²) in [6, 6.07) is 17.4. The summed E-state index contributed by atoms with van der Waals surface area (Å²) in [6.45, 7) is 2.13. The fourth-order valence-electron chi connectivity index (χ4n) is 2.05. The molecule has 0 heterocycles. The fraction of sp³-hybridized carbons (Fsp3) is 0.250. The van der Waals surface area contributed by atoms with Gasteiger partial charge in [0.2, 0.25) is 0 Å². The van der Waals surface area contributed by atoms with Gasteiger partial charge in [-0.3, -0.25) is 0 Å². The molecule has 2 heteroatoms. The zero-order chi connectivity index (χ0) is 13.0. The van der Waals surface area contributed by atoms with Gasteiger partial charge < -0.3 is 0 Å². The average Bonchev–Trinajstić information content (AvgIpc) is 2.37. The molecular weight excluding hydrogens is 352 g/mol. The highest BCUT2D eigenvalue weighted by Gasteiger charge is 2.11. The number of hydrogen-bond donors (Lipinski definition) is 0. The van der Waals surface area contributed by atoms with Crippen molar-refractivity contribution in [3.8, 4) is 0 Å². The van der Waals surface area contributed by atoms with E-state index in [9.17, 15) is 0 Å². The van der Waals surface area contributed by atoms with Gasteiger partial charge in [-0.15, -0.1) is 0 Å². The Morgan fingerprint density at radius 1 is 1.06 bits per heavy atom. The molecule has 1 atom stereocenters. The second-order valence-corrected chi connectivity index (χ2v) is 6.16. The molecule has 0 N–H and O–H groups in total. The first-order chi connectivity index (χ1) is 8.69. The molecule has 1 unspecified atom stereocenters. The van der Waals surface area contributed by atoms with Crippen molar-refractivity contribution >= 4 is 31.9 Å². The molecule has 2 rings (SSSR count). The van der Waals surface area contributed by atoms with Crippen LogP contribution >= 0.6 is 31.9 Å². The van der Waals surface area contributed by atoms with Crippen molar-refractivity contribution in [1.29, 1.82) is 0 Å². The van der Waals surface area contributed by atoms with E-state index in [2.05, 4.69) is 87.3 Å². The highest BCUT2D eigenvalue weighted by atomic mass is 79.9. The van der Waals surface area contributed by atoms with Gasteiger partial charge in [0.25, 0.3) is 0 Å². The minimum absolute atomic E-state index is 0.528. The van der Waals surface area contributed by atoms with Gasteiger partial charge in [0.1, 0.15) is 0 Å². The third-order valence-electron chi connectivity index (χ3n) is 3.11. The quantitative estimate of drug-likeness (QED) is 0.627. The predicted octanol–water partition coefficient (Wildman–Crippen LogP) is 5.48. The van der Waals surface area contributed by atoms with Crippen LogP contribution < -0.4 is 0 Å². The van der Waals surface area contributed by atoms with Crippen molar-refractivity contribution in [2.24, 2.45) is 0 Å². The Morgan fingerprint density at radius 3 is 2.39 bits per heavy atom. The van der Waals surface area contributed by atoms with Crippen molar-refractivity contribution < 1.29 is 0 Å². The molecule has 0 aliphatic rings. The van der Waals surface area contributed by atoms with Crippen molar-refractivity contribution in [2.75, 3.05) is 5.33 Å². The van der Waals surface area contributed by atoms with E-state index in [0.717, 1.165) is 16.2 Å². The van der Waals surface area contributed by atoms with E-state index in [-0.39, 0.29) is 0 Å². The molecule has 0 saturated heterocycles. The third kappa shape index (κ3) is 3.69. The first-order valence-corrected chi connectivity index (χ1v) is 7.97. The molecule has 0 aliphatic heterocycles. The van der Waals surface area contributed by atoms with Crippen LogP contribution in [0.1, 0.15) is 22.6 Å². The van der Waals surface area contributed by atoms with Crippen LogP contribution in [0.3, 0.4) is 0 Å². The molecule has 0 aromatic heterocycles. The molecule has 94 valence electrons. The Hall–Kier alpha value is -0.600. The standard InChI is InChI=1S/C16H16Br2/c1-12-5-7-14(8-6-12)15(11-17)9-13-3-2-4-16(18)10-13/h2-8,10,15H,9,11H2,1H3. The first-order valence-electron chi connectivity index (χ1n) is 6.06. The topological polar surface area (TPSA) is 0 Å². The van der Waals surface area contributed by atoms with Crippen LogP contribution in [-0.4, -0.2) is 5.33 Å². The third-order valence-corrected chi connectivity index (χ3v) is 4.38. The molecule has 0 bridgehead atoms. The molecule has 18 heavy (non-hydrogen) atoms. The molecule has 2 aromatic carbocycles. The molecule has 0 amide bonds. The summed E-state index contributed by atoms with van der Waals surface area (Å²) in [4.78, 5) is 0. The van der Waals surface area contributed by atoms with Crippen LogP contribution in [0, 0.1) is 6.92 Å². The Balaban J connectivity index is 2.17. The number of halogens is 2. The van der Waals surface area contributed by atoms with E-state index in [4.69, 9.17) is 0 Å². The van der Waals surface area contributed by atoms with Crippen LogP contribution in [0.4, 0.5) is 0 Å². The second kappa shape index (κ2) is 6.53. The van der Waals surface area contributed by atoms with Gasteiger partial charge in [-0.25, -0.2) is 0 Å². The smallest absolute Gasteiger partial charge is 0.0177 e. The molecule has 2 aromatic rings. The maximum Gasteiger partial charge on any atom is 0.0177 e. The van der Waals surface area contributed by atoms with Crippen LogP contribution in [0.5, 0.6) is 0 Å². The van der Waals surface area contributed by atoms with Crippen molar-refractivity contribution in [1.82, 2.24) is 0 Å². The molecule has 0 saturated carbocycles. The number of benzene rings is 2. The summed E-state index contributed by atoms with van der Waals surface area (Å²) in [5.41, 5.74) is 4.08. The van der Waals surface area contributed by atoms with Crippen molar-refractivity contribution in [2.45, 2.75) is 19.3 Å². The maximum atomic E-state index is 3.64. The zero-order valence-corrected chi connectivity index (χ0v) is 13.5. The van der Waals surface area contributed by atoms with Crippen LogP contribution in [-0.2, 0) is 6.42 Å². The fourth-order valence-corrected chi connectivity index (χ4v) is 3.10. The van der Waals surface area contributed by atoms with E-state index < -0.39 is 0 Å². The minimum atomic E-state index is 0.528. The normalized spacial score (nSPS) is 12.4. The van der Waals surface area contributed by atoms with Gasteiger partial charge >= 0.3 is 0 Å². The second-order valence-electron chi connectivity index (χ2n) is 4.60. The van der Waals surface area contributed by atoms with Gasteiger partial charge in [-0.05, 0) is 42.5 Å². The van der Waals surface area contributed by atoms with Crippen LogP contribution in [0.2, 0.25) is 0 Å². The number of alkyl halides is 1. The lowest BCUT2D eigenvalue weighted by atomic mass is 9.93. The summed E-state index contributed by atoms with van der Waals surface area (Å²) in [6.07, 6.45) is 1.06. The Bertz CT molecular complexity index is 503. The van der Waals surface area contributed by atoms with Gasteiger partial charge in [0, 0.05) is 9.80 Å². The van der Waals surface area contributed by atoms with E-state index >= 15 is 0 Å². The summed E-state index contributed by atoms with van der Waals surface area (Å²) >= 11 is 7.16. The molecule has 0 spiro atoms. The van der Waals surface area contributed by atoms with Crippen molar-refractivity contribution in [3.63, 3.8) is 0 Å². The SMILES string of the molecule is Cc1ccc(C(CBr)Cc2cccc(Br)c2)cc1. The van der Waals surface area contributed by atoms with E-state index in [1.165, 1.54) is 16.7 Å². The Kier molecular flexibility index (Phi) is 5.02. The van der Waals surface area contributed by atoms with Gasteiger partial charge in [-0.1, -0.05) is 73.8 Å². The lowest BCUT2D eigenvalue weighted by Crippen LogP contribution is -2.04. The maximum absolute atomic E-state index is 3.64. The minimum Gasteiger partial charge on any atom is -0.0921 e. The largest absolute Gasteiger partial charge is 0.0921 e. The first kappa shape index (κ1) is 13.8. The number of aryl methyl sites for hydroxylation is 1. The van der Waals surface area contributed by atoms with E-state index in [1.54, 1.807) is 0 Å². The van der Waals surface area contributed by atoms with Crippen LogP contribution in [0.15, 0.2) is 53.0 Å². The van der Waals surface area contributed by atoms with E-state index in [1.807, 2.05) is 0 Å². The number of rotatable bonds is 4. The van der Waals surface area contributed by atoms with Crippen molar-refractivity contribution in [3.05, 3.63) is 69.7 Å². The highest BCUT2D eigenvalue weighted by Crippen LogP contribution is 2.24. The predicted molar refractivity (Wildman–Crippen MR) is 85.6 cm³/mol. The molecule has 0 aliphatic carbocycles. The Morgan fingerprint density at radius 2 is 1.78 bits per heavy atom. The van der Waals surface area contributed by atoms with Crippen LogP contribution in [0.25, 0.3) is 0 Å². The summed E-state index contributed by atoms with van der Waals surface area (Å²) in [5.74, 6) is 0.528.